The molecule has 0 bridgehead atoms. The van der Waals surface area contributed by atoms with E-state index in [9.17, 15) is 13.2 Å². The molecule has 0 aromatic heterocycles. The van der Waals surface area contributed by atoms with Crippen LogP contribution in [0.15, 0.2) is 23.1 Å². The molecule has 27 heavy (non-hydrogen) atoms. The number of nitrogens with zero attached hydrogens (tertiary/aromatic N) is 2. The molecule has 0 aliphatic carbocycles. The zero-order chi connectivity index (χ0) is 19.8. The highest BCUT2D eigenvalue weighted by atomic mass is 32.2. The first-order chi connectivity index (χ1) is 12.6. The molecule has 2 fully saturated rings. The van der Waals surface area contributed by atoms with Crippen LogP contribution in [0.1, 0.15) is 44.7 Å². The molecule has 1 amide bonds. The monoisotopic (exact) mass is 394 g/mol. The standard InChI is InChI=1S/C20H30N2O4S/c1-15-7-8-16(20(2,3)4)14-18(15)27(24,25)22-11-9-21(10-12-22)19(23)17-6-5-13-26-17/h7-8,14,17H,5-6,9-13H2,1-4H3. The zero-order valence-corrected chi connectivity index (χ0v) is 17.5. The summed E-state index contributed by atoms with van der Waals surface area (Å²) >= 11 is 0. The third-order valence-corrected chi connectivity index (χ3v) is 7.47. The fraction of sp³-hybridized carbons (Fsp3) is 0.650. The average Bonchev–Trinajstić information content (AvgIpc) is 3.15. The van der Waals surface area contributed by atoms with Crippen LogP contribution in [0.4, 0.5) is 0 Å². The molecule has 0 N–H and O–H groups in total. The van der Waals surface area contributed by atoms with E-state index in [1.807, 2.05) is 19.1 Å². The topological polar surface area (TPSA) is 66.9 Å². The van der Waals surface area contributed by atoms with Gasteiger partial charge in [-0.15, -0.1) is 0 Å². The van der Waals surface area contributed by atoms with Gasteiger partial charge in [0.05, 0.1) is 4.90 Å². The summed E-state index contributed by atoms with van der Waals surface area (Å²) in [4.78, 5) is 14.6. The van der Waals surface area contributed by atoms with E-state index in [1.54, 1.807) is 11.0 Å². The minimum atomic E-state index is -3.58. The molecular formula is C20H30N2O4S. The zero-order valence-electron chi connectivity index (χ0n) is 16.7. The van der Waals surface area contributed by atoms with Crippen LogP contribution in [0.3, 0.4) is 0 Å². The molecule has 1 aromatic carbocycles. The Morgan fingerprint density at radius 3 is 2.37 bits per heavy atom. The number of hydrogen-bond donors (Lipinski definition) is 0. The van der Waals surface area contributed by atoms with Gasteiger partial charge in [0.15, 0.2) is 0 Å². The molecule has 2 heterocycles. The summed E-state index contributed by atoms with van der Waals surface area (Å²) in [5.41, 5.74) is 1.63. The van der Waals surface area contributed by atoms with Crippen molar-refractivity contribution in [3.05, 3.63) is 29.3 Å². The van der Waals surface area contributed by atoms with Gasteiger partial charge in [0, 0.05) is 32.8 Å². The quantitative estimate of drug-likeness (QED) is 0.789. The second-order valence-corrected chi connectivity index (χ2v) is 10.4. The molecular weight excluding hydrogens is 364 g/mol. The number of carbonyl (C=O) groups excluding carboxylic acids is 1. The molecule has 6 nitrogen and oxygen atoms in total. The molecule has 2 saturated heterocycles. The van der Waals surface area contributed by atoms with Crippen molar-refractivity contribution in [2.45, 2.75) is 57.0 Å². The Bertz CT molecular complexity index is 800. The Kier molecular flexibility index (Phi) is 5.66. The lowest BCUT2D eigenvalue weighted by atomic mass is 9.87. The first-order valence-electron chi connectivity index (χ1n) is 9.62. The number of amides is 1. The predicted octanol–water partition coefficient (Wildman–Crippen LogP) is 2.30. The summed E-state index contributed by atoms with van der Waals surface area (Å²) in [5.74, 6) is -0.00421. The van der Waals surface area contributed by atoms with Gasteiger partial charge in [-0.3, -0.25) is 4.79 Å². The maximum Gasteiger partial charge on any atom is 0.251 e. The minimum absolute atomic E-state index is 0.00421. The van der Waals surface area contributed by atoms with E-state index in [-0.39, 0.29) is 17.4 Å². The molecule has 2 aliphatic heterocycles. The van der Waals surface area contributed by atoms with Crippen molar-refractivity contribution in [3.8, 4) is 0 Å². The lowest BCUT2D eigenvalue weighted by molar-refractivity contribution is -0.142. The third kappa shape index (κ3) is 4.20. The molecule has 7 heteroatoms. The summed E-state index contributed by atoms with van der Waals surface area (Å²) in [5, 5.41) is 0. The molecule has 1 aromatic rings. The van der Waals surface area contributed by atoms with E-state index in [1.165, 1.54) is 4.31 Å². The maximum absolute atomic E-state index is 13.2. The largest absolute Gasteiger partial charge is 0.368 e. The van der Waals surface area contributed by atoms with Crippen LogP contribution in [0.2, 0.25) is 0 Å². The van der Waals surface area contributed by atoms with E-state index in [4.69, 9.17) is 4.74 Å². The van der Waals surface area contributed by atoms with Gasteiger partial charge in [-0.1, -0.05) is 32.9 Å². The fourth-order valence-electron chi connectivity index (χ4n) is 3.61. The second-order valence-electron chi connectivity index (χ2n) is 8.46. The summed E-state index contributed by atoms with van der Waals surface area (Å²) in [6.07, 6.45) is 1.32. The number of benzene rings is 1. The normalized spacial score (nSPS) is 22.2. The van der Waals surface area contributed by atoms with Gasteiger partial charge in [-0.2, -0.15) is 4.31 Å². The van der Waals surface area contributed by atoms with Crippen LogP contribution in [-0.2, 0) is 25.0 Å². The van der Waals surface area contributed by atoms with Crippen molar-refractivity contribution >= 4 is 15.9 Å². The smallest absolute Gasteiger partial charge is 0.251 e. The highest BCUT2D eigenvalue weighted by Gasteiger charge is 2.34. The van der Waals surface area contributed by atoms with E-state index in [0.717, 1.165) is 24.0 Å². The van der Waals surface area contributed by atoms with Gasteiger partial charge in [0.1, 0.15) is 6.10 Å². The summed E-state index contributed by atoms with van der Waals surface area (Å²) in [6, 6.07) is 5.67. The number of ether oxygens (including phenoxy) is 1. The Morgan fingerprint density at radius 1 is 1.15 bits per heavy atom. The van der Waals surface area contributed by atoms with Gasteiger partial charge in [-0.05, 0) is 42.4 Å². The van der Waals surface area contributed by atoms with Crippen LogP contribution in [-0.4, -0.2) is 62.4 Å². The lowest BCUT2D eigenvalue weighted by Crippen LogP contribution is -2.52. The first kappa shape index (κ1) is 20.3. The SMILES string of the molecule is Cc1ccc(C(C)(C)C)cc1S(=O)(=O)N1CCN(C(=O)C2CCCO2)CC1. The summed E-state index contributed by atoms with van der Waals surface area (Å²) in [6.45, 7) is 10.1. The van der Waals surface area contributed by atoms with Crippen molar-refractivity contribution in [1.29, 1.82) is 0 Å². The maximum atomic E-state index is 13.2. The van der Waals surface area contributed by atoms with Crippen LogP contribution in [0.25, 0.3) is 0 Å². The van der Waals surface area contributed by atoms with Crippen molar-refractivity contribution < 1.29 is 17.9 Å². The Hall–Kier alpha value is -1.44. The average molecular weight is 395 g/mol. The predicted molar refractivity (Wildman–Crippen MR) is 104 cm³/mol. The van der Waals surface area contributed by atoms with Gasteiger partial charge < -0.3 is 9.64 Å². The van der Waals surface area contributed by atoms with Crippen LogP contribution in [0.5, 0.6) is 0 Å². The number of sulfonamides is 1. The number of carbonyl (C=O) groups is 1. The lowest BCUT2D eigenvalue weighted by Gasteiger charge is -2.35. The van der Waals surface area contributed by atoms with Gasteiger partial charge in [0.25, 0.3) is 5.91 Å². The van der Waals surface area contributed by atoms with E-state index in [0.29, 0.717) is 37.7 Å². The van der Waals surface area contributed by atoms with Crippen LogP contribution in [0, 0.1) is 6.92 Å². The van der Waals surface area contributed by atoms with Crippen LogP contribution >= 0.6 is 0 Å². The molecule has 2 aliphatic rings. The fourth-order valence-corrected chi connectivity index (χ4v) is 5.28. The highest BCUT2D eigenvalue weighted by molar-refractivity contribution is 7.89. The molecule has 1 unspecified atom stereocenters. The van der Waals surface area contributed by atoms with E-state index >= 15 is 0 Å². The van der Waals surface area contributed by atoms with E-state index < -0.39 is 10.0 Å². The van der Waals surface area contributed by atoms with Gasteiger partial charge in [0.2, 0.25) is 10.0 Å². The highest BCUT2D eigenvalue weighted by Crippen LogP contribution is 2.29. The number of aryl methyl sites for hydroxylation is 1. The molecule has 0 saturated carbocycles. The molecule has 150 valence electrons. The van der Waals surface area contributed by atoms with E-state index in [2.05, 4.69) is 20.8 Å². The second kappa shape index (κ2) is 7.53. The Morgan fingerprint density at radius 2 is 1.81 bits per heavy atom. The van der Waals surface area contributed by atoms with Crippen molar-refractivity contribution in [2.24, 2.45) is 0 Å². The Labute approximate surface area is 162 Å². The number of rotatable bonds is 3. The minimum Gasteiger partial charge on any atom is -0.368 e. The van der Waals surface area contributed by atoms with Gasteiger partial charge in [-0.25, -0.2) is 8.42 Å². The summed E-state index contributed by atoms with van der Waals surface area (Å²) < 4.78 is 33.4. The number of hydrogen-bond acceptors (Lipinski definition) is 4. The molecule has 0 radical (unpaired) electrons. The number of piperazine rings is 1. The molecule has 3 rings (SSSR count). The first-order valence-corrected chi connectivity index (χ1v) is 11.1. The van der Waals surface area contributed by atoms with Crippen molar-refractivity contribution in [3.63, 3.8) is 0 Å². The Balaban J connectivity index is 1.74. The van der Waals surface area contributed by atoms with Gasteiger partial charge >= 0.3 is 0 Å². The summed E-state index contributed by atoms with van der Waals surface area (Å²) in [7, 11) is -3.58. The third-order valence-electron chi connectivity index (χ3n) is 5.43. The van der Waals surface area contributed by atoms with Crippen molar-refractivity contribution in [2.75, 3.05) is 32.8 Å². The molecule has 1 atom stereocenters. The van der Waals surface area contributed by atoms with Crippen molar-refractivity contribution in [1.82, 2.24) is 9.21 Å². The molecule has 0 spiro atoms. The van der Waals surface area contributed by atoms with Crippen LogP contribution < -0.4 is 0 Å².